The largest absolute Gasteiger partial charge is 0.276 e. The number of hydrogen-bond acceptors (Lipinski definition) is 3. The minimum Gasteiger partial charge on any atom is -0.200 e. The molecule has 1 N–H and O–H groups in total. The molecule has 0 bridgehead atoms. The number of aryl methyl sites for hydroxylation is 3. The molecule has 0 amide bonds. The Morgan fingerprint density at radius 1 is 1.04 bits per heavy atom. The van der Waals surface area contributed by atoms with Crippen molar-refractivity contribution in [3.63, 3.8) is 0 Å². The molecule has 0 radical (unpaired) electrons. The summed E-state index contributed by atoms with van der Waals surface area (Å²) in [6.07, 6.45) is 2.78. The highest BCUT2D eigenvalue weighted by molar-refractivity contribution is 7.89. The molecule has 0 spiro atoms. The van der Waals surface area contributed by atoms with Crippen LogP contribution < -0.4 is 4.83 Å². The summed E-state index contributed by atoms with van der Waals surface area (Å²) in [5, 5.41) is 4.22. The summed E-state index contributed by atoms with van der Waals surface area (Å²) in [6.45, 7) is 3.67. The topological polar surface area (TPSA) is 58.5 Å². The van der Waals surface area contributed by atoms with Gasteiger partial charge in [0.2, 0.25) is 0 Å². The highest BCUT2D eigenvalue weighted by Gasteiger charge is 2.19. The van der Waals surface area contributed by atoms with E-state index < -0.39 is 10.0 Å². The fourth-order valence-corrected chi connectivity index (χ4v) is 4.04. The summed E-state index contributed by atoms with van der Waals surface area (Å²) in [5.41, 5.74) is 4.70. The number of nitrogens with zero attached hydrogens (tertiary/aromatic N) is 1. The molecule has 0 saturated carbocycles. The Balaban J connectivity index is 1.92. The fraction of sp³-hybridized carbons (Fsp3) is 0.278. The van der Waals surface area contributed by atoms with Crippen LogP contribution in [0.5, 0.6) is 0 Å². The molecule has 0 saturated heterocycles. The quantitative estimate of drug-likeness (QED) is 0.879. The van der Waals surface area contributed by atoms with Crippen LogP contribution in [0.25, 0.3) is 0 Å². The molecule has 2 aromatic carbocycles. The van der Waals surface area contributed by atoms with Crippen LogP contribution >= 0.6 is 0 Å². The molecular formula is C18H20N2O2S. The minimum absolute atomic E-state index is 0.283. The molecule has 0 heterocycles. The Morgan fingerprint density at radius 2 is 1.83 bits per heavy atom. The smallest absolute Gasteiger partial charge is 0.200 e. The van der Waals surface area contributed by atoms with Crippen LogP contribution in [0.4, 0.5) is 0 Å². The van der Waals surface area contributed by atoms with Crippen LogP contribution in [0.1, 0.15) is 35.1 Å². The highest BCUT2D eigenvalue weighted by atomic mass is 32.2. The number of benzene rings is 2. The third-order valence-electron chi connectivity index (χ3n) is 4.12. The number of rotatable bonds is 3. The van der Waals surface area contributed by atoms with Crippen molar-refractivity contribution in [3.05, 3.63) is 64.7 Å². The van der Waals surface area contributed by atoms with Crippen LogP contribution in [-0.4, -0.2) is 14.1 Å². The van der Waals surface area contributed by atoms with Crippen molar-refractivity contribution >= 4 is 15.7 Å². The number of hydrogen-bond donors (Lipinski definition) is 1. The molecular weight excluding hydrogens is 308 g/mol. The van der Waals surface area contributed by atoms with Gasteiger partial charge < -0.3 is 0 Å². The second-order valence-corrected chi connectivity index (χ2v) is 7.56. The summed E-state index contributed by atoms with van der Waals surface area (Å²) in [7, 11) is -3.65. The molecule has 0 unspecified atom stereocenters. The molecule has 5 heteroatoms. The minimum atomic E-state index is -3.65. The zero-order valence-corrected chi connectivity index (χ0v) is 14.2. The second-order valence-electron chi connectivity index (χ2n) is 5.93. The lowest BCUT2D eigenvalue weighted by molar-refractivity contribution is 0.583. The third kappa shape index (κ3) is 3.29. The van der Waals surface area contributed by atoms with Gasteiger partial charge in [0.25, 0.3) is 10.0 Å². The van der Waals surface area contributed by atoms with E-state index in [4.69, 9.17) is 0 Å². The van der Waals surface area contributed by atoms with Crippen LogP contribution in [0.2, 0.25) is 0 Å². The molecule has 2 aromatic rings. The van der Waals surface area contributed by atoms with E-state index in [0.717, 1.165) is 36.1 Å². The molecule has 1 aliphatic rings. The molecule has 1 aliphatic carbocycles. The SMILES string of the molecule is Cc1ccc(C)c(S(=O)(=O)N/N=C2\CCCc3ccccc32)c1. The van der Waals surface area contributed by atoms with E-state index in [1.807, 2.05) is 37.3 Å². The third-order valence-corrected chi connectivity index (χ3v) is 5.47. The van der Waals surface area contributed by atoms with Gasteiger partial charge in [-0.25, -0.2) is 0 Å². The predicted molar refractivity (Wildman–Crippen MR) is 92.2 cm³/mol. The van der Waals surface area contributed by atoms with Crippen molar-refractivity contribution in [2.45, 2.75) is 38.0 Å². The average Bonchev–Trinajstić information content (AvgIpc) is 2.55. The summed E-state index contributed by atoms with van der Waals surface area (Å²) in [6, 6.07) is 13.4. The van der Waals surface area contributed by atoms with Crippen LogP contribution in [0.15, 0.2) is 52.5 Å². The Labute approximate surface area is 137 Å². The second kappa shape index (κ2) is 6.16. The maximum absolute atomic E-state index is 12.5. The Bertz CT molecular complexity index is 870. The molecule has 0 atom stereocenters. The van der Waals surface area contributed by atoms with Crippen molar-refractivity contribution < 1.29 is 8.42 Å². The van der Waals surface area contributed by atoms with Crippen LogP contribution in [0, 0.1) is 13.8 Å². The molecule has 23 heavy (non-hydrogen) atoms. The van der Waals surface area contributed by atoms with Gasteiger partial charge in [0, 0.05) is 5.56 Å². The first kappa shape index (κ1) is 15.7. The van der Waals surface area contributed by atoms with Crippen molar-refractivity contribution in [2.75, 3.05) is 0 Å². The lowest BCUT2D eigenvalue weighted by atomic mass is 9.90. The van der Waals surface area contributed by atoms with E-state index in [1.165, 1.54) is 5.56 Å². The first-order chi connectivity index (χ1) is 11.0. The standard InChI is InChI=1S/C18H20N2O2S/c1-13-10-11-14(2)18(12-13)23(21,22)20-19-17-9-5-7-15-6-3-4-8-16(15)17/h3-4,6,8,10-12,20H,5,7,9H2,1-2H3/b19-17+. The number of nitrogens with one attached hydrogen (secondary N) is 1. The van der Waals surface area contributed by atoms with Crippen LogP contribution in [-0.2, 0) is 16.4 Å². The number of hydrazone groups is 1. The summed E-state index contributed by atoms with van der Waals surface area (Å²) in [4.78, 5) is 2.70. The summed E-state index contributed by atoms with van der Waals surface area (Å²) >= 11 is 0. The maximum Gasteiger partial charge on any atom is 0.276 e. The summed E-state index contributed by atoms with van der Waals surface area (Å²) < 4.78 is 25.1. The van der Waals surface area contributed by atoms with Gasteiger partial charge in [-0.2, -0.15) is 18.4 Å². The number of fused-ring (bicyclic) bond motifs is 1. The predicted octanol–water partition coefficient (Wildman–Crippen LogP) is 3.32. The van der Waals surface area contributed by atoms with Crippen molar-refractivity contribution in [1.29, 1.82) is 0 Å². The first-order valence-corrected chi connectivity index (χ1v) is 9.19. The van der Waals surface area contributed by atoms with Gasteiger partial charge in [-0.15, -0.1) is 0 Å². The van der Waals surface area contributed by atoms with Gasteiger partial charge in [-0.3, -0.25) is 0 Å². The van der Waals surface area contributed by atoms with E-state index in [2.05, 4.69) is 16.0 Å². The molecule has 120 valence electrons. The van der Waals surface area contributed by atoms with Crippen molar-refractivity contribution in [2.24, 2.45) is 5.10 Å². The van der Waals surface area contributed by atoms with Gasteiger partial charge in [0.05, 0.1) is 10.6 Å². The maximum atomic E-state index is 12.5. The molecule has 3 rings (SSSR count). The monoisotopic (exact) mass is 328 g/mol. The van der Waals surface area contributed by atoms with E-state index in [-0.39, 0.29) is 4.90 Å². The molecule has 0 aromatic heterocycles. The highest BCUT2D eigenvalue weighted by Crippen LogP contribution is 2.22. The fourth-order valence-electron chi connectivity index (χ4n) is 2.88. The molecule has 4 nitrogen and oxygen atoms in total. The number of sulfonamides is 1. The normalized spacial score (nSPS) is 16.2. The van der Waals surface area contributed by atoms with Crippen molar-refractivity contribution in [3.8, 4) is 0 Å². The lowest BCUT2D eigenvalue weighted by Crippen LogP contribution is -2.23. The Kier molecular flexibility index (Phi) is 4.22. The summed E-state index contributed by atoms with van der Waals surface area (Å²) in [5.74, 6) is 0. The molecule has 0 aliphatic heterocycles. The van der Waals surface area contributed by atoms with E-state index in [9.17, 15) is 8.42 Å². The zero-order chi connectivity index (χ0) is 16.4. The molecule has 0 fully saturated rings. The van der Waals surface area contributed by atoms with E-state index >= 15 is 0 Å². The first-order valence-electron chi connectivity index (χ1n) is 7.71. The Hall–Kier alpha value is -2.14. The zero-order valence-electron chi connectivity index (χ0n) is 13.3. The van der Waals surface area contributed by atoms with Gasteiger partial charge in [-0.05, 0) is 55.9 Å². The van der Waals surface area contributed by atoms with Gasteiger partial charge >= 0.3 is 0 Å². The Morgan fingerprint density at radius 3 is 2.65 bits per heavy atom. The van der Waals surface area contributed by atoms with Gasteiger partial charge in [0.1, 0.15) is 0 Å². The average molecular weight is 328 g/mol. The van der Waals surface area contributed by atoms with Crippen LogP contribution in [0.3, 0.4) is 0 Å². The van der Waals surface area contributed by atoms with Gasteiger partial charge in [-0.1, -0.05) is 36.4 Å². The lowest BCUT2D eigenvalue weighted by Gasteiger charge is -2.17. The van der Waals surface area contributed by atoms with E-state index in [1.54, 1.807) is 13.0 Å². The van der Waals surface area contributed by atoms with E-state index in [0.29, 0.717) is 5.56 Å². The van der Waals surface area contributed by atoms with Gasteiger partial charge in [0.15, 0.2) is 0 Å². The van der Waals surface area contributed by atoms with Crippen molar-refractivity contribution in [1.82, 2.24) is 4.83 Å².